The van der Waals surface area contributed by atoms with E-state index in [2.05, 4.69) is 31.5 Å². The van der Waals surface area contributed by atoms with Crippen molar-refractivity contribution in [2.24, 2.45) is 0 Å². The minimum Gasteiger partial charge on any atom is -0.466 e. The molecule has 0 aliphatic carbocycles. The summed E-state index contributed by atoms with van der Waals surface area (Å²) in [6, 6.07) is 16.9. The number of benzene rings is 2. The van der Waals surface area contributed by atoms with Gasteiger partial charge in [0, 0.05) is 25.8 Å². The fourth-order valence-corrected chi connectivity index (χ4v) is 3.97. The topological polar surface area (TPSA) is 44.8 Å². The summed E-state index contributed by atoms with van der Waals surface area (Å²) >= 11 is 0. The number of ether oxygens (including phenoxy) is 3. The third-order valence-corrected chi connectivity index (χ3v) is 7.00. The highest BCUT2D eigenvalue weighted by atomic mass is 28.3. The molecule has 0 bridgehead atoms. The predicted octanol–water partition coefficient (Wildman–Crippen LogP) is 5.55. The van der Waals surface area contributed by atoms with E-state index in [1.54, 1.807) is 0 Å². The second-order valence-electron chi connectivity index (χ2n) is 9.46. The molecule has 0 N–H and O–H groups in total. The third-order valence-electron chi connectivity index (χ3n) is 5.30. The van der Waals surface area contributed by atoms with Gasteiger partial charge in [-0.15, -0.1) is 0 Å². The molecule has 1 saturated heterocycles. The Morgan fingerprint density at radius 2 is 1.59 bits per heavy atom. The zero-order valence-corrected chi connectivity index (χ0v) is 20.5. The van der Waals surface area contributed by atoms with Crippen LogP contribution in [0.2, 0.25) is 25.7 Å². The first-order valence-electron chi connectivity index (χ1n) is 11.5. The highest BCUT2D eigenvalue weighted by molar-refractivity contribution is 6.76. The van der Waals surface area contributed by atoms with Crippen LogP contribution < -0.4 is 0 Å². The zero-order valence-electron chi connectivity index (χ0n) is 19.5. The van der Waals surface area contributed by atoms with Crippen molar-refractivity contribution in [1.82, 2.24) is 0 Å². The second kappa shape index (κ2) is 12.0. The Morgan fingerprint density at radius 1 is 0.969 bits per heavy atom. The van der Waals surface area contributed by atoms with E-state index < -0.39 is 8.07 Å². The van der Waals surface area contributed by atoms with Gasteiger partial charge in [-0.2, -0.15) is 0 Å². The van der Waals surface area contributed by atoms with Crippen molar-refractivity contribution < 1.29 is 19.0 Å². The summed E-state index contributed by atoms with van der Waals surface area (Å²) in [5.74, 6) is 6.21. The maximum atomic E-state index is 12.0. The number of rotatable bonds is 8. The van der Waals surface area contributed by atoms with E-state index in [0.717, 1.165) is 47.7 Å². The lowest BCUT2D eigenvalue weighted by atomic mass is 10.1. The van der Waals surface area contributed by atoms with Crippen molar-refractivity contribution >= 4 is 14.0 Å². The zero-order chi connectivity index (χ0) is 22.8. The van der Waals surface area contributed by atoms with Crippen molar-refractivity contribution in [2.45, 2.75) is 64.3 Å². The Morgan fingerprint density at radius 3 is 2.16 bits per heavy atom. The molecule has 1 unspecified atom stereocenters. The van der Waals surface area contributed by atoms with Gasteiger partial charge in [0.1, 0.15) is 0 Å². The standard InChI is InChI=1S/C27H34O4Si/c1-32(2,3)19-18-29-26(28)20-24-13-9-22(10-14-24)7-8-23-11-15-25(16-12-23)21-31-27-6-4-5-17-30-27/h9-16,27H,4-6,17-21H2,1-3H3. The quantitative estimate of drug-likeness (QED) is 0.300. The van der Waals surface area contributed by atoms with E-state index in [9.17, 15) is 4.79 Å². The molecule has 0 spiro atoms. The molecule has 32 heavy (non-hydrogen) atoms. The lowest BCUT2D eigenvalue weighted by Gasteiger charge is -2.22. The summed E-state index contributed by atoms with van der Waals surface area (Å²) in [5.41, 5.74) is 3.94. The Kier molecular flexibility index (Phi) is 9.10. The molecule has 4 nitrogen and oxygen atoms in total. The van der Waals surface area contributed by atoms with Gasteiger partial charge in [0.15, 0.2) is 6.29 Å². The second-order valence-corrected chi connectivity index (χ2v) is 15.1. The fraction of sp³-hybridized carbons (Fsp3) is 0.444. The van der Waals surface area contributed by atoms with Gasteiger partial charge in [-0.25, -0.2) is 0 Å². The number of esters is 1. The van der Waals surface area contributed by atoms with Crippen LogP contribution in [-0.2, 0) is 32.0 Å². The molecule has 1 atom stereocenters. The van der Waals surface area contributed by atoms with Crippen LogP contribution in [0.4, 0.5) is 0 Å². The number of hydrogen-bond acceptors (Lipinski definition) is 4. The largest absolute Gasteiger partial charge is 0.466 e. The smallest absolute Gasteiger partial charge is 0.310 e. The summed E-state index contributed by atoms with van der Waals surface area (Å²) in [7, 11) is -1.18. The van der Waals surface area contributed by atoms with Crippen LogP contribution in [0.15, 0.2) is 48.5 Å². The fourth-order valence-electron chi connectivity index (χ4n) is 3.26. The Balaban J connectivity index is 1.45. The normalized spacial score (nSPS) is 16.2. The van der Waals surface area contributed by atoms with Crippen LogP contribution in [0.5, 0.6) is 0 Å². The molecular weight excluding hydrogens is 416 g/mol. The van der Waals surface area contributed by atoms with Gasteiger partial charge in [0.05, 0.1) is 19.6 Å². The van der Waals surface area contributed by atoms with Gasteiger partial charge in [0.25, 0.3) is 0 Å². The molecular formula is C27H34O4Si. The molecule has 0 aromatic heterocycles. The van der Waals surface area contributed by atoms with Crippen molar-refractivity contribution in [3.05, 3.63) is 70.8 Å². The van der Waals surface area contributed by atoms with E-state index in [1.165, 1.54) is 6.42 Å². The molecule has 1 aliphatic rings. The van der Waals surface area contributed by atoms with Gasteiger partial charge in [-0.05, 0) is 60.7 Å². The molecule has 3 rings (SSSR count). The molecule has 2 aromatic carbocycles. The van der Waals surface area contributed by atoms with E-state index in [4.69, 9.17) is 14.2 Å². The lowest BCUT2D eigenvalue weighted by molar-refractivity contribution is -0.168. The first kappa shape index (κ1) is 24.3. The van der Waals surface area contributed by atoms with Gasteiger partial charge >= 0.3 is 5.97 Å². The predicted molar refractivity (Wildman–Crippen MR) is 130 cm³/mol. The number of carbonyl (C=O) groups excluding carboxylic acids is 1. The summed E-state index contributed by atoms with van der Waals surface area (Å²) in [5, 5.41) is 0. The Hall–Kier alpha value is -2.39. The maximum absolute atomic E-state index is 12.0. The monoisotopic (exact) mass is 450 g/mol. The summed E-state index contributed by atoms with van der Waals surface area (Å²) < 4.78 is 16.8. The minimum atomic E-state index is -1.18. The van der Waals surface area contributed by atoms with Crippen molar-refractivity contribution in [2.75, 3.05) is 13.2 Å². The molecule has 2 aromatic rings. The molecule has 5 heteroatoms. The van der Waals surface area contributed by atoms with Crippen molar-refractivity contribution in [3.8, 4) is 11.8 Å². The van der Waals surface area contributed by atoms with Gasteiger partial charge < -0.3 is 14.2 Å². The Bertz CT molecular complexity index is 911. The van der Waals surface area contributed by atoms with Gasteiger partial charge in [-0.3, -0.25) is 4.79 Å². The number of carbonyl (C=O) groups is 1. The van der Waals surface area contributed by atoms with E-state index in [1.807, 2.05) is 48.5 Å². The molecule has 1 heterocycles. The van der Waals surface area contributed by atoms with Crippen LogP contribution in [-0.4, -0.2) is 33.5 Å². The van der Waals surface area contributed by atoms with Crippen molar-refractivity contribution in [1.29, 1.82) is 0 Å². The Labute approximate surface area is 193 Å². The molecule has 1 fully saturated rings. The molecule has 1 aliphatic heterocycles. The van der Waals surface area contributed by atoms with Gasteiger partial charge in [0.2, 0.25) is 0 Å². The average molecular weight is 451 g/mol. The summed E-state index contributed by atoms with van der Waals surface area (Å²) in [6.45, 7) is 8.70. The van der Waals surface area contributed by atoms with E-state index in [-0.39, 0.29) is 12.3 Å². The van der Waals surface area contributed by atoms with E-state index >= 15 is 0 Å². The van der Waals surface area contributed by atoms with Crippen LogP contribution in [0.1, 0.15) is 41.5 Å². The van der Waals surface area contributed by atoms with Crippen LogP contribution in [0.3, 0.4) is 0 Å². The van der Waals surface area contributed by atoms with Crippen LogP contribution >= 0.6 is 0 Å². The minimum absolute atomic E-state index is 0.0711. The molecule has 0 radical (unpaired) electrons. The summed E-state index contributed by atoms with van der Waals surface area (Å²) in [6.07, 6.45) is 3.50. The SMILES string of the molecule is C[Si](C)(C)CCOC(=O)Cc1ccc(C#Cc2ccc(COC3CCCCO3)cc2)cc1. The van der Waals surface area contributed by atoms with Crippen LogP contribution in [0, 0.1) is 11.8 Å². The van der Waals surface area contributed by atoms with Gasteiger partial charge in [-0.1, -0.05) is 55.7 Å². The maximum Gasteiger partial charge on any atom is 0.310 e. The summed E-state index contributed by atoms with van der Waals surface area (Å²) in [4.78, 5) is 12.0. The number of hydrogen-bond donors (Lipinski definition) is 0. The van der Waals surface area contributed by atoms with E-state index in [0.29, 0.717) is 19.6 Å². The lowest BCUT2D eigenvalue weighted by Crippen LogP contribution is -2.23. The average Bonchev–Trinajstić information content (AvgIpc) is 2.78. The first-order valence-corrected chi connectivity index (χ1v) is 15.2. The highest BCUT2D eigenvalue weighted by Gasteiger charge is 2.14. The van der Waals surface area contributed by atoms with Crippen molar-refractivity contribution in [3.63, 3.8) is 0 Å². The molecule has 0 saturated carbocycles. The third kappa shape index (κ3) is 9.00. The molecule has 0 amide bonds. The highest BCUT2D eigenvalue weighted by Crippen LogP contribution is 2.16. The van der Waals surface area contributed by atoms with Crippen LogP contribution in [0.25, 0.3) is 0 Å². The molecule has 170 valence electrons. The first-order chi connectivity index (χ1) is 15.4.